The molecule has 1 aromatic heterocycles. The van der Waals surface area contributed by atoms with Crippen LogP contribution in [0.2, 0.25) is 20.1 Å². The average molecular weight is 325 g/mol. The van der Waals surface area contributed by atoms with E-state index in [4.69, 9.17) is 46.4 Å². The first-order valence-corrected chi connectivity index (χ1v) is 6.67. The van der Waals surface area contributed by atoms with Gasteiger partial charge in [-0.2, -0.15) is 0 Å². The second kappa shape index (κ2) is 5.66. The maximum Gasteiger partial charge on any atom is 0.0830 e. The van der Waals surface area contributed by atoms with Crippen LogP contribution in [0.3, 0.4) is 0 Å². The lowest BCUT2D eigenvalue weighted by molar-refractivity contribution is 0.713. The first kappa shape index (κ1) is 13.9. The minimum Gasteiger partial charge on any atom is -0.255 e. The van der Waals surface area contributed by atoms with Gasteiger partial charge in [0.2, 0.25) is 0 Å². The van der Waals surface area contributed by atoms with Crippen molar-refractivity contribution in [2.75, 3.05) is 0 Å². The largest absolute Gasteiger partial charge is 0.255 e. The normalized spacial score (nSPS) is 10.9. The van der Waals surface area contributed by atoms with E-state index in [1.165, 1.54) is 0 Å². The molecule has 0 unspecified atom stereocenters. The molecule has 2 rings (SSSR count). The Morgan fingerprint density at radius 3 is 2.17 bits per heavy atom. The smallest absolute Gasteiger partial charge is 0.0830 e. The van der Waals surface area contributed by atoms with Gasteiger partial charge in [-0.05, 0) is 24.5 Å². The van der Waals surface area contributed by atoms with E-state index >= 15 is 0 Å². The number of rotatable bonds is 3. The average Bonchev–Trinajstić information content (AvgIpc) is 2.73. The van der Waals surface area contributed by atoms with Gasteiger partial charge in [0.15, 0.2) is 0 Å². The topological polar surface area (TPSA) is 30.7 Å². The summed E-state index contributed by atoms with van der Waals surface area (Å²) in [6.45, 7) is 0. The molecule has 0 saturated heterocycles. The standard InChI is InChI=1S/C11H9Cl4N3/c1-18-5-6(16-17-18)2-3-7-10(14)8(12)4-9(13)11(7)15/h4-5H,2-3H2,1H3. The van der Waals surface area contributed by atoms with Crippen LogP contribution >= 0.6 is 46.4 Å². The summed E-state index contributed by atoms with van der Waals surface area (Å²) in [4.78, 5) is 0. The van der Waals surface area contributed by atoms with E-state index in [-0.39, 0.29) is 0 Å². The molecular weight excluding hydrogens is 316 g/mol. The van der Waals surface area contributed by atoms with E-state index in [1.54, 1.807) is 10.7 Å². The van der Waals surface area contributed by atoms with Crippen LogP contribution in [0.25, 0.3) is 0 Å². The summed E-state index contributed by atoms with van der Waals surface area (Å²) in [7, 11) is 1.81. The molecule has 0 aliphatic rings. The summed E-state index contributed by atoms with van der Waals surface area (Å²) in [5, 5.41) is 9.54. The Morgan fingerprint density at radius 2 is 1.67 bits per heavy atom. The molecule has 96 valence electrons. The van der Waals surface area contributed by atoms with Crippen LogP contribution in [0.5, 0.6) is 0 Å². The Kier molecular flexibility index (Phi) is 4.38. The quantitative estimate of drug-likeness (QED) is 0.792. The second-order valence-electron chi connectivity index (χ2n) is 3.83. The summed E-state index contributed by atoms with van der Waals surface area (Å²) < 4.78 is 1.64. The number of hydrogen-bond acceptors (Lipinski definition) is 2. The third-order valence-corrected chi connectivity index (χ3v) is 4.14. The van der Waals surface area contributed by atoms with Gasteiger partial charge < -0.3 is 0 Å². The third kappa shape index (κ3) is 2.91. The van der Waals surface area contributed by atoms with Gasteiger partial charge in [0.25, 0.3) is 0 Å². The first-order valence-electron chi connectivity index (χ1n) is 5.16. The van der Waals surface area contributed by atoms with E-state index in [2.05, 4.69) is 10.3 Å². The van der Waals surface area contributed by atoms with Crippen molar-refractivity contribution in [2.24, 2.45) is 7.05 Å². The van der Waals surface area contributed by atoms with Crippen molar-refractivity contribution >= 4 is 46.4 Å². The van der Waals surface area contributed by atoms with Crippen LogP contribution in [-0.4, -0.2) is 15.0 Å². The van der Waals surface area contributed by atoms with Crippen molar-refractivity contribution in [1.82, 2.24) is 15.0 Å². The van der Waals surface area contributed by atoms with Crippen molar-refractivity contribution in [2.45, 2.75) is 12.8 Å². The van der Waals surface area contributed by atoms with Crippen molar-refractivity contribution in [3.63, 3.8) is 0 Å². The van der Waals surface area contributed by atoms with E-state index in [1.807, 2.05) is 13.2 Å². The molecule has 0 saturated carbocycles. The zero-order valence-corrected chi connectivity index (χ0v) is 12.4. The number of halogens is 4. The fourth-order valence-electron chi connectivity index (χ4n) is 1.61. The molecule has 0 amide bonds. The van der Waals surface area contributed by atoms with Gasteiger partial charge in [0.05, 0.1) is 25.8 Å². The molecule has 7 heteroatoms. The summed E-state index contributed by atoms with van der Waals surface area (Å²) in [6, 6.07) is 1.54. The Labute approximate surface area is 125 Å². The molecule has 0 radical (unpaired) electrons. The molecule has 0 fully saturated rings. The number of nitrogens with zero attached hydrogens (tertiary/aromatic N) is 3. The minimum atomic E-state index is 0.403. The molecule has 1 heterocycles. The van der Waals surface area contributed by atoms with E-state index in [9.17, 15) is 0 Å². The predicted molar refractivity (Wildman–Crippen MR) is 74.9 cm³/mol. The van der Waals surface area contributed by atoms with E-state index < -0.39 is 0 Å². The summed E-state index contributed by atoms with van der Waals surface area (Å²) in [5.74, 6) is 0. The maximum atomic E-state index is 6.13. The third-order valence-electron chi connectivity index (χ3n) is 2.48. The van der Waals surface area contributed by atoms with Crippen molar-refractivity contribution in [3.8, 4) is 0 Å². The second-order valence-corrected chi connectivity index (χ2v) is 5.40. The van der Waals surface area contributed by atoms with Crippen LogP contribution < -0.4 is 0 Å². The highest BCUT2D eigenvalue weighted by Crippen LogP contribution is 2.37. The van der Waals surface area contributed by atoms with Gasteiger partial charge in [-0.15, -0.1) is 5.10 Å². The van der Waals surface area contributed by atoms with Gasteiger partial charge in [-0.25, -0.2) is 0 Å². The Bertz CT molecular complexity index is 554. The highest BCUT2D eigenvalue weighted by atomic mass is 35.5. The summed E-state index contributed by atoms with van der Waals surface area (Å²) in [6.07, 6.45) is 3.12. The van der Waals surface area contributed by atoms with Gasteiger partial charge in [-0.3, -0.25) is 4.68 Å². The highest BCUT2D eigenvalue weighted by molar-refractivity contribution is 6.48. The number of hydrogen-bond donors (Lipinski definition) is 0. The van der Waals surface area contributed by atoms with Crippen LogP contribution in [-0.2, 0) is 19.9 Å². The van der Waals surface area contributed by atoms with Crippen molar-refractivity contribution in [1.29, 1.82) is 0 Å². The predicted octanol–water partition coefficient (Wildman–Crippen LogP) is 4.21. The summed E-state index contributed by atoms with van der Waals surface area (Å²) >= 11 is 24.2. The lowest BCUT2D eigenvalue weighted by Crippen LogP contribution is -1.95. The molecular formula is C11H9Cl4N3. The molecule has 0 N–H and O–H groups in total. The molecule has 0 atom stereocenters. The zero-order valence-electron chi connectivity index (χ0n) is 9.42. The molecule has 1 aromatic carbocycles. The van der Waals surface area contributed by atoms with Crippen molar-refractivity contribution in [3.05, 3.63) is 43.6 Å². The van der Waals surface area contributed by atoms with E-state index in [0.717, 1.165) is 11.3 Å². The molecule has 18 heavy (non-hydrogen) atoms. The fraction of sp³-hybridized carbons (Fsp3) is 0.273. The van der Waals surface area contributed by atoms with Crippen LogP contribution in [0, 0.1) is 0 Å². The van der Waals surface area contributed by atoms with Crippen molar-refractivity contribution < 1.29 is 0 Å². The van der Waals surface area contributed by atoms with E-state index in [0.29, 0.717) is 32.9 Å². The van der Waals surface area contributed by atoms with Gasteiger partial charge in [0, 0.05) is 13.2 Å². The molecule has 2 aromatic rings. The number of aromatic nitrogens is 3. The van der Waals surface area contributed by atoms with Gasteiger partial charge >= 0.3 is 0 Å². The Balaban J connectivity index is 2.24. The lowest BCUT2D eigenvalue weighted by atomic mass is 10.1. The number of benzene rings is 1. The van der Waals surface area contributed by atoms with Gasteiger partial charge in [-0.1, -0.05) is 51.6 Å². The Morgan fingerprint density at radius 1 is 1.06 bits per heavy atom. The molecule has 0 bridgehead atoms. The van der Waals surface area contributed by atoms with Gasteiger partial charge in [0.1, 0.15) is 0 Å². The molecule has 0 aliphatic heterocycles. The highest BCUT2D eigenvalue weighted by Gasteiger charge is 2.14. The van der Waals surface area contributed by atoms with Crippen LogP contribution in [0.1, 0.15) is 11.3 Å². The minimum absolute atomic E-state index is 0.403. The number of aryl methyl sites for hydroxylation is 2. The van der Waals surface area contributed by atoms with Crippen LogP contribution in [0.4, 0.5) is 0 Å². The SMILES string of the molecule is Cn1cc(CCc2c(Cl)c(Cl)cc(Cl)c2Cl)nn1. The Hall–Kier alpha value is -0.480. The maximum absolute atomic E-state index is 6.13. The molecule has 0 spiro atoms. The molecule has 3 nitrogen and oxygen atoms in total. The zero-order chi connectivity index (χ0) is 13.3. The monoisotopic (exact) mass is 323 g/mol. The van der Waals surface area contributed by atoms with Crippen LogP contribution in [0.15, 0.2) is 12.3 Å². The fourth-order valence-corrected chi connectivity index (χ4v) is 2.64. The summed E-state index contributed by atoms with van der Waals surface area (Å²) in [5.41, 5.74) is 1.60. The first-order chi connectivity index (χ1) is 8.49. The lowest BCUT2D eigenvalue weighted by Gasteiger charge is -2.09. The molecule has 0 aliphatic carbocycles.